The van der Waals surface area contributed by atoms with Gasteiger partial charge in [0.15, 0.2) is 5.78 Å². The van der Waals surface area contributed by atoms with Crippen molar-refractivity contribution < 1.29 is 14.0 Å². The summed E-state index contributed by atoms with van der Waals surface area (Å²) in [7, 11) is 0. The molecule has 0 saturated heterocycles. The molecule has 2 N–H and O–H groups in total. The molecular weight excluding hydrogens is 259 g/mol. The Bertz CT molecular complexity index is 674. The van der Waals surface area contributed by atoms with Gasteiger partial charge in [-0.25, -0.2) is 4.39 Å². The lowest BCUT2D eigenvalue weighted by Gasteiger charge is -2.11. The molecular formula is C15H13FN2O2. The zero-order valence-electron chi connectivity index (χ0n) is 10.7. The number of halogens is 1. The van der Waals surface area contributed by atoms with Gasteiger partial charge in [-0.3, -0.25) is 9.59 Å². The van der Waals surface area contributed by atoms with E-state index in [9.17, 15) is 14.0 Å². The van der Waals surface area contributed by atoms with E-state index in [1.807, 2.05) is 0 Å². The average molecular weight is 272 g/mol. The quantitative estimate of drug-likeness (QED) is 0.883. The van der Waals surface area contributed by atoms with Gasteiger partial charge >= 0.3 is 0 Å². The fourth-order valence-corrected chi connectivity index (χ4v) is 2.44. The summed E-state index contributed by atoms with van der Waals surface area (Å²) in [5, 5.41) is 2.66. The molecule has 1 heterocycles. The lowest BCUT2D eigenvalue weighted by Crippen LogP contribution is -2.17. The number of carbonyl (C=O) groups excluding carboxylic acids is 2. The van der Waals surface area contributed by atoms with E-state index in [2.05, 4.69) is 10.3 Å². The van der Waals surface area contributed by atoms with Crippen LogP contribution >= 0.6 is 0 Å². The summed E-state index contributed by atoms with van der Waals surface area (Å²) in [5.74, 6) is -0.724. The standard InChI is InChI=1S/C15H13FN2O2/c16-9-4-6-10(7-5-9)18-15(20)11-8-17-12-2-1-3-13(19)14(11)12/h4-8,17H,1-3H2,(H,18,20). The summed E-state index contributed by atoms with van der Waals surface area (Å²) in [6.07, 6.45) is 3.63. The Balaban J connectivity index is 1.86. The van der Waals surface area contributed by atoms with E-state index >= 15 is 0 Å². The number of hydrogen-bond acceptors (Lipinski definition) is 2. The number of aromatic nitrogens is 1. The van der Waals surface area contributed by atoms with Gasteiger partial charge in [0.25, 0.3) is 5.91 Å². The largest absolute Gasteiger partial charge is 0.364 e. The highest BCUT2D eigenvalue weighted by Gasteiger charge is 2.25. The summed E-state index contributed by atoms with van der Waals surface area (Å²) in [4.78, 5) is 27.1. The van der Waals surface area contributed by atoms with Gasteiger partial charge in [-0.1, -0.05) is 0 Å². The first kappa shape index (κ1) is 12.6. The fourth-order valence-electron chi connectivity index (χ4n) is 2.44. The first-order valence-electron chi connectivity index (χ1n) is 6.45. The summed E-state index contributed by atoms with van der Waals surface area (Å²) in [6, 6.07) is 5.50. The molecule has 0 saturated carbocycles. The number of amides is 1. The topological polar surface area (TPSA) is 62.0 Å². The zero-order valence-corrected chi connectivity index (χ0v) is 10.7. The van der Waals surface area contributed by atoms with Crippen LogP contribution in [-0.4, -0.2) is 16.7 Å². The number of aryl methyl sites for hydroxylation is 1. The molecule has 1 aliphatic rings. The highest BCUT2D eigenvalue weighted by Crippen LogP contribution is 2.24. The first-order chi connectivity index (χ1) is 9.65. The molecule has 0 spiro atoms. The predicted octanol–water partition coefficient (Wildman–Crippen LogP) is 2.93. The van der Waals surface area contributed by atoms with Gasteiger partial charge in [0.2, 0.25) is 0 Å². The molecule has 0 radical (unpaired) electrons. The van der Waals surface area contributed by atoms with Gasteiger partial charge in [0, 0.05) is 24.0 Å². The molecule has 0 atom stereocenters. The molecule has 5 heteroatoms. The Morgan fingerprint density at radius 1 is 1.20 bits per heavy atom. The fraction of sp³-hybridized carbons (Fsp3) is 0.200. The summed E-state index contributed by atoms with van der Waals surface area (Å²) in [5.41, 5.74) is 2.17. The third-order valence-corrected chi connectivity index (χ3v) is 3.42. The molecule has 1 amide bonds. The molecule has 102 valence electrons. The number of Topliss-reactive ketones (excluding diaryl/α,β-unsaturated/α-hetero) is 1. The number of ketones is 1. The molecule has 1 aromatic carbocycles. The van der Waals surface area contributed by atoms with Gasteiger partial charge in [0.05, 0.1) is 11.1 Å². The monoisotopic (exact) mass is 272 g/mol. The van der Waals surface area contributed by atoms with Crippen LogP contribution in [-0.2, 0) is 6.42 Å². The maximum Gasteiger partial charge on any atom is 0.257 e. The predicted molar refractivity (Wildman–Crippen MR) is 72.4 cm³/mol. The molecule has 1 aliphatic carbocycles. The van der Waals surface area contributed by atoms with Crippen LogP contribution in [0.1, 0.15) is 39.3 Å². The lowest BCUT2D eigenvalue weighted by molar-refractivity contribution is 0.0956. The number of nitrogens with one attached hydrogen (secondary N) is 2. The highest BCUT2D eigenvalue weighted by atomic mass is 19.1. The Labute approximate surface area is 115 Å². The third kappa shape index (κ3) is 2.22. The maximum absolute atomic E-state index is 12.8. The van der Waals surface area contributed by atoms with Crippen LogP contribution in [0.2, 0.25) is 0 Å². The second kappa shape index (κ2) is 4.92. The lowest BCUT2D eigenvalue weighted by atomic mass is 9.93. The molecule has 20 heavy (non-hydrogen) atoms. The van der Waals surface area contributed by atoms with Crippen LogP contribution in [0.5, 0.6) is 0 Å². The smallest absolute Gasteiger partial charge is 0.257 e. The summed E-state index contributed by atoms with van der Waals surface area (Å²) < 4.78 is 12.8. The van der Waals surface area contributed by atoms with Crippen molar-refractivity contribution in [3.05, 3.63) is 53.1 Å². The minimum atomic E-state index is -0.364. The van der Waals surface area contributed by atoms with Crippen LogP contribution in [0.3, 0.4) is 0 Å². The Hall–Kier alpha value is -2.43. The molecule has 3 rings (SSSR count). The first-order valence-corrected chi connectivity index (χ1v) is 6.45. The van der Waals surface area contributed by atoms with E-state index in [1.165, 1.54) is 24.3 Å². The number of benzene rings is 1. The van der Waals surface area contributed by atoms with Crippen molar-refractivity contribution in [2.24, 2.45) is 0 Å². The van der Waals surface area contributed by atoms with Gasteiger partial charge in [0.1, 0.15) is 5.82 Å². The Morgan fingerprint density at radius 3 is 2.70 bits per heavy atom. The van der Waals surface area contributed by atoms with Crippen molar-refractivity contribution in [1.82, 2.24) is 4.98 Å². The Morgan fingerprint density at radius 2 is 1.95 bits per heavy atom. The number of rotatable bonds is 2. The van der Waals surface area contributed by atoms with Gasteiger partial charge in [-0.05, 0) is 37.1 Å². The van der Waals surface area contributed by atoms with Crippen molar-refractivity contribution in [1.29, 1.82) is 0 Å². The maximum atomic E-state index is 12.8. The van der Waals surface area contributed by atoms with Crippen LogP contribution in [0.15, 0.2) is 30.5 Å². The van der Waals surface area contributed by atoms with Crippen LogP contribution in [0, 0.1) is 5.82 Å². The zero-order chi connectivity index (χ0) is 14.1. The third-order valence-electron chi connectivity index (χ3n) is 3.42. The minimum absolute atomic E-state index is 0.00300. The summed E-state index contributed by atoms with van der Waals surface area (Å²) >= 11 is 0. The molecule has 1 aromatic heterocycles. The molecule has 0 unspecified atom stereocenters. The number of fused-ring (bicyclic) bond motifs is 1. The van der Waals surface area contributed by atoms with E-state index in [0.717, 1.165) is 18.5 Å². The second-order valence-electron chi connectivity index (χ2n) is 4.79. The van der Waals surface area contributed by atoms with Crippen molar-refractivity contribution in [2.75, 3.05) is 5.32 Å². The molecule has 0 aliphatic heterocycles. The van der Waals surface area contributed by atoms with E-state index in [-0.39, 0.29) is 17.5 Å². The van der Waals surface area contributed by atoms with Gasteiger partial charge in [-0.15, -0.1) is 0 Å². The average Bonchev–Trinajstić information content (AvgIpc) is 2.87. The van der Waals surface area contributed by atoms with E-state index < -0.39 is 0 Å². The summed E-state index contributed by atoms with van der Waals surface area (Å²) in [6.45, 7) is 0. The number of carbonyl (C=O) groups is 2. The molecule has 4 nitrogen and oxygen atoms in total. The van der Waals surface area contributed by atoms with Gasteiger partial charge in [-0.2, -0.15) is 0 Å². The second-order valence-corrected chi connectivity index (χ2v) is 4.79. The van der Waals surface area contributed by atoms with Crippen molar-refractivity contribution in [2.45, 2.75) is 19.3 Å². The normalized spacial score (nSPS) is 13.9. The number of hydrogen-bond donors (Lipinski definition) is 2. The van der Waals surface area contributed by atoms with Crippen molar-refractivity contribution in [3.8, 4) is 0 Å². The van der Waals surface area contributed by atoms with Crippen LogP contribution in [0.4, 0.5) is 10.1 Å². The van der Waals surface area contributed by atoms with Crippen molar-refractivity contribution in [3.63, 3.8) is 0 Å². The van der Waals surface area contributed by atoms with Crippen molar-refractivity contribution >= 4 is 17.4 Å². The highest BCUT2D eigenvalue weighted by molar-refractivity contribution is 6.13. The van der Waals surface area contributed by atoms with Crippen LogP contribution in [0.25, 0.3) is 0 Å². The SMILES string of the molecule is O=C(Nc1ccc(F)cc1)c1c[nH]c2c1C(=O)CCC2. The molecule has 0 fully saturated rings. The number of aromatic amines is 1. The number of H-pyrrole nitrogens is 1. The van der Waals surface area contributed by atoms with E-state index in [1.54, 1.807) is 6.20 Å². The molecule has 2 aromatic rings. The van der Waals surface area contributed by atoms with Gasteiger partial charge < -0.3 is 10.3 Å². The van der Waals surface area contributed by atoms with E-state index in [0.29, 0.717) is 23.2 Å². The minimum Gasteiger partial charge on any atom is -0.364 e. The number of anilines is 1. The molecule has 0 bridgehead atoms. The Kier molecular flexibility index (Phi) is 3.10. The van der Waals surface area contributed by atoms with E-state index in [4.69, 9.17) is 0 Å². The van der Waals surface area contributed by atoms with Crippen LogP contribution < -0.4 is 5.32 Å².